The summed E-state index contributed by atoms with van der Waals surface area (Å²) in [7, 11) is 0. The molecule has 1 amide bonds. The number of hydrogen-bond acceptors (Lipinski definition) is 1. The third kappa shape index (κ3) is 4.81. The number of carbonyl (C=O) groups is 1. The predicted octanol–water partition coefficient (Wildman–Crippen LogP) is 0.865. The van der Waals surface area contributed by atoms with Crippen LogP contribution in [0.2, 0.25) is 0 Å². The van der Waals surface area contributed by atoms with Gasteiger partial charge in [-0.2, -0.15) is 0 Å². The molecule has 0 aromatic rings. The lowest BCUT2D eigenvalue weighted by Crippen LogP contribution is -2.20. The first-order chi connectivity index (χ1) is 4.31. The molecule has 0 aliphatic rings. The SMILES string of the molecule is C=CCNC(=O)/C=C\C. The van der Waals surface area contributed by atoms with E-state index in [2.05, 4.69) is 11.9 Å². The van der Waals surface area contributed by atoms with Crippen LogP contribution in [0.1, 0.15) is 6.92 Å². The Morgan fingerprint density at radius 1 is 1.78 bits per heavy atom. The quantitative estimate of drug-likeness (QED) is 0.440. The maximum Gasteiger partial charge on any atom is 0.243 e. The van der Waals surface area contributed by atoms with Crippen molar-refractivity contribution in [1.29, 1.82) is 0 Å². The number of nitrogens with one attached hydrogen (secondary N) is 1. The Kier molecular flexibility index (Phi) is 4.50. The van der Waals surface area contributed by atoms with E-state index in [1.807, 2.05) is 0 Å². The van der Waals surface area contributed by atoms with Crippen LogP contribution < -0.4 is 5.32 Å². The molecule has 0 saturated carbocycles. The van der Waals surface area contributed by atoms with Gasteiger partial charge >= 0.3 is 0 Å². The molecule has 0 heterocycles. The Morgan fingerprint density at radius 2 is 2.44 bits per heavy atom. The maximum absolute atomic E-state index is 10.6. The minimum atomic E-state index is -0.0719. The van der Waals surface area contributed by atoms with Crippen molar-refractivity contribution in [3.8, 4) is 0 Å². The van der Waals surface area contributed by atoms with Crippen LogP contribution in [0.15, 0.2) is 24.8 Å². The van der Waals surface area contributed by atoms with Gasteiger partial charge in [0.2, 0.25) is 5.91 Å². The van der Waals surface area contributed by atoms with Crippen LogP contribution in [0.3, 0.4) is 0 Å². The lowest BCUT2D eigenvalue weighted by molar-refractivity contribution is -0.116. The van der Waals surface area contributed by atoms with Gasteiger partial charge in [-0.3, -0.25) is 4.79 Å². The molecule has 0 aromatic carbocycles. The van der Waals surface area contributed by atoms with Gasteiger partial charge in [-0.25, -0.2) is 0 Å². The lowest BCUT2D eigenvalue weighted by atomic mass is 10.5. The smallest absolute Gasteiger partial charge is 0.243 e. The van der Waals surface area contributed by atoms with E-state index < -0.39 is 0 Å². The molecule has 0 saturated heterocycles. The monoisotopic (exact) mass is 125 g/mol. The molecular formula is C7H11NO. The van der Waals surface area contributed by atoms with E-state index in [9.17, 15) is 4.79 Å². The van der Waals surface area contributed by atoms with Crippen molar-refractivity contribution >= 4 is 5.91 Å². The Morgan fingerprint density at radius 3 is 2.89 bits per heavy atom. The van der Waals surface area contributed by atoms with E-state index in [1.54, 1.807) is 19.1 Å². The Bertz CT molecular complexity index is 127. The van der Waals surface area contributed by atoms with Gasteiger partial charge in [0.15, 0.2) is 0 Å². The van der Waals surface area contributed by atoms with E-state index in [4.69, 9.17) is 0 Å². The first-order valence-corrected chi connectivity index (χ1v) is 2.82. The van der Waals surface area contributed by atoms with Crippen LogP contribution in [-0.2, 0) is 4.79 Å². The molecule has 0 bridgehead atoms. The van der Waals surface area contributed by atoms with Crippen LogP contribution in [0.25, 0.3) is 0 Å². The van der Waals surface area contributed by atoms with Crippen molar-refractivity contribution in [2.45, 2.75) is 6.92 Å². The fourth-order valence-electron chi connectivity index (χ4n) is 0.383. The van der Waals surface area contributed by atoms with Crippen LogP contribution in [0, 0.1) is 0 Å². The van der Waals surface area contributed by atoms with Gasteiger partial charge in [0.1, 0.15) is 0 Å². The summed E-state index contributed by atoms with van der Waals surface area (Å²) in [6, 6.07) is 0. The van der Waals surface area contributed by atoms with Gasteiger partial charge < -0.3 is 5.32 Å². The van der Waals surface area contributed by atoms with E-state index >= 15 is 0 Å². The van der Waals surface area contributed by atoms with Crippen molar-refractivity contribution < 1.29 is 4.79 Å². The summed E-state index contributed by atoms with van der Waals surface area (Å²) in [6.07, 6.45) is 4.81. The molecule has 0 atom stereocenters. The molecule has 2 heteroatoms. The second-order valence-electron chi connectivity index (χ2n) is 1.53. The van der Waals surface area contributed by atoms with Gasteiger partial charge in [0.25, 0.3) is 0 Å². The normalized spacial score (nSPS) is 9.44. The molecule has 2 nitrogen and oxygen atoms in total. The number of amides is 1. The highest BCUT2D eigenvalue weighted by molar-refractivity contribution is 5.87. The predicted molar refractivity (Wildman–Crippen MR) is 38.0 cm³/mol. The summed E-state index contributed by atoms with van der Waals surface area (Å²) in [4.78, 5) is 10.6. The molecule has 50 valence electrons. The molecule has 0 radical (unpaired) electrons. The highest BCUT2D eigenvalue weighted by Gasteiger charge is 1.86. The third-order valence-electron chi connectivity index (χ3n) is 0.739. The summed E-state index contributed by atoms with van der Waals surface area (Å²) in [5.74, 6) is -0.0719. The minimum Gasteiger partial charge on any atom is -0.349 e. The van der Waals surface area contributed by atoms with Gasteiger partial charge in [0, 0.05) is 6.54 Å². The zero-order chi connectivity index (χ0) is 7.11. The minimum absolute atomic E-state index is 0.0719. The first-order valence-electron chi connectivity index (χ1n) is 2.82. The number of allylic oxidation sites excluding steroid dienone is 1. The molecule has 9 heavy (non-hydrogen) atoms. The standard InChI is InChI=1S/C7H11NO/c1-3-5-7(9)8-6-4-2/h3-5H,2,6H2,1H3,(H,8,9)/b5-3-. The molecule has 0 unspecified atom stereocenters. The van der Waals surface area contributed by atoms with Crippen molar-refractivity contribution in [2.75, 3.05) is 6.54 Å². The maximum atomic E-state index is 10.6. The Hall–Kier alpha value is -1.05. The van der Waals surface area contributed by atoms with Crippen LogP contribution >= 0.6 is 0 Å². The largest absolute Gasteiger partial charge is 0.349 e. The van der Waals surface area contributed by atoms with Gasteiger partial charge in [-0.05, 0) is 13.0 Å². The summed E-state index contributed by atoms with van der Waals surface area (Å²) < 4.78 is 0. The molecule has 0 aliphatic heterocycles. The highest BCUT2D eigenvalue weighted by atomic mass is 16.1. The van der Waals surface area contributed by atoms with Crippen LogP contribution in [-0.4, -0.2) is 12.5 Å². The van der Waals surface area contributed by atoms with Crippen molar-refractivity contribution in [1.82, 2.24) is 5.32 Å². The molecule has 0 spiro atoms. The van der Waals surface area contributed by atoms with E-state index in [1.165, 1.54) is 6.08 Å². The molecule has 0 rings (SSSR count). The van der Waals surface area contributed by atoms with Crippen LogP contribution in [0.5, 0.6) is 0 Å². The second kappa shape index (κ2) is 5.09. The second-order valence-corrected chi connectivity index (χ2v) is 1.53. The number of hydrogen-bond donors (Lipinski definition) is 1. The average molecular weight is 125 g/mol. The highest BCUT2D eigenvalue weighted by Crippen LogP contribution is 1.70. The van der Waals surface area contributed by atoms with Gasteiger partial charge in [-0.15, -0.1) is 6.58 Å². The number of carbonyl (C=O) groups excluding carboxylic acids is 1. The summed E-state index contributed by atoms with van der Waals surface area (Å²) >= 11 is 0. The lowest BCUT2D eigenvalue weighted by Gasteiger charge is -1.92. The van der Waals surface area contributed by atoms with Crippen LogP contribution in [0.4, 0.5) is 0 Å². The zero-order valence-corrected chi connectivity index (χ0v) is 5.55. The first kappa shape index (κ1) is 7.95. The summed E-state index contributed by atoms with van der Waals surface area (Å²) in [5.41, 5.74) is 0. The Labute approximate surface area is 55.3 Å². The molecular weight excluding hydrogens is 114 g/mol. The van der Waals surface area contributed by atoms with Crippen molar-refractivity contribution in [2.24, 2.45) is 0 Å². The average Bonchev–Trinajstić information content (AvgIpc) is 1.85. The third-order valence-corrected chi connectivity index (χ3v) is 0.739. The van der Waals surface area contributed by atoms with Crippen molar-refractivity contribution in [3.63, 3.8) is 0 Å². The fourth-order valence-corrected chi connectivity index (χ4v) is 0.383. The Balaban J connectivity index is 3.38. The molecule has 1 N–H and O–H groups in total. The summed E-state index contributed by atoms with van der Waals surface area (Å²) in [6.45, 7) is 5.78. The van der Waals surface area contributed by atoms with Gasteiger partial charge in [-0.1, -0.05) is 12.2 Å². The van der Waals surface area contributed by atoms with Crippen molar-refractivity contribution in [3.05, 3.63) is 24.8 Å². The zero-order valence-electron chi connectivity index (χ0n) is 5.55. The number of rotatable bonds is 3. The molecule has 0 fully saturated rings. The molecule has 0 aliphatic carbocycles. The van der Waals surface area contributed by atoms with E-state index in [-0.39, 0.29) is 5.91 Å². The topological polar surface area (TPSA) is 29.1 Å². The van der Waals surface area contributed by atoms with E-state index in [0.29, 0.717) is 6.54 Å². The molecule has 0 aromatic heterocycles. The van der Waals surface area contributed by atoms with E-state index in [0.717, 1.165) is 0 Å². The fraction of sp³-hybridized carbons (Fsp3) is 0.286. The van der Waals surface area contributed by atoms with Gasteiger partial charge in [0.05, 0.1) is 0 Å². The summed E-state index contributed by atoms with van der Waals surface area (Å²) in [5, 5.41) is 2.59.